The molecule has 0 spiro atoms. The van der Waals surface area contributed by atoms with Gasteiger partial charge in [0.05, 0.1) is 24.9 Å². The molecular formula is C9H13NO4PS+. The second-order valence-electron chi connectivity index (χ2n) is 4.12. The van der Waals surface area contributed by atoms with Crippen LogP contribution >= 0.6 is 6.46 Å². The van der Waals surface area contributed by atoms with E-state index >= 15 is 0 Å². The third-order valence-corrected chi connectivity index (χ3v) is 9.34. The highest BCUT2D eigenvalue weighted by Gasteiger charge is 2.38. The Bertz CT molecular complexity index is 501. The third kappa shape index (κ3) is 2.39. The van der Waals surface area contributed by atoms with E-state index in [1.165, 1.54) is 24.3 Å². The smallest absolute Gasteiger partial charge is 0.258 e. The lowest BCUT2D eigenvalue weighted by atomic mass is 10.3. The quantitative estimate of drug-likeness (QED) is 0.475. The minimum absolute atomic E-state index is 0.105. The summed E-state index contributed by atoms with van der Waals surface area (Å²) in [5.41, 5.74) is -0.105. The maximum atomic E-state index is 12.0. The van der Waals surface area contributed by atoms with Crippen LogP contribution in [-0.4, -0.2) is 33.3 Å². The normalized spacial score (nSPS) is 12.4. The Balaban J connectivity index is 3.23. The van der Waals surface area contributed by atoms with Gasteiger partial charge in [0.25, 0.3) is 15.1 Å². The van der Waals surface area contributed by atoms with Gasteiger partial charge in [0.1, 0.15) is 11.4 Å². The van der Waals surface area contributed by atoms with Gasteiger partial charge >= 0.3 is 0 Å². The molecule has 0 aliphatic carbocycles. The van der Waals surface area contributed by atoms with Gasteiger partial charge in [0.15, 0.2) is 0 Å². The Kier molecular flexibility index (Phi) is 3.35. The lowest BCUT2D eigenvalue weighted by Crippen LogP contribution is -2.05. The molecule has 0 N–H and O–H groups in total. The Morgan fingerprint density at radius 2 is 1.56 bits per heavy atom. The first kappa shape index (κ1) is 13.1. The van der Waals surface area contributed by atoms with Gasteiger partial charge in [-0.1, -0.05) is 0 Å². The Morgan fingerprint density at radius 3 is 1.88 bits per heavy atom. The van der Waals surface area contributed by atoms with Gasteiger partial charge in [-0.3, -0.25) is 10.1 Å². The molecule has 0 unspecified atom stereocenters. The summed E-state index contributed by atoms with van der Waals surface area (Å²) < 4.78 is 24.0. The summed E-state index contributed by atoms with van der Waals surface area (Å²) in [6.45, 7) is 3.02. The molecule has 1 aromatic carbocycles. The molecule has 7 heteroatoms. The van der Waals surface area contributed by atoms with Gasteiger partial charge in [-0.2, -0.15) is 8.42 Å². The van der Waals surface area contributed by atoms with E-state index in [0.717, 1.165) is 0 Å². The first-order valence-corrected chi connectivity index (χ1v) is 9.69. The SMILES string of the molecule is C[P+](C)(C)S(=O)(=O)c1ccc([N+](=O)[O-])cc1. The second-order valence-corrected chi connectivity index (χ2v) is 14.0. The highest BCUT2D eigenvalue weighted by molar-refractivity contribution is 8.56. The summed E-state index contributed by atoms with van der Waals surface area (Å²) in [5.74, 6) is 0. The van der Waals surface area contributed by atoms with Crippen molar-refractivity contribution in [3.63, 3.8) is 0 Å². The fraction of sp³-hybridized carbons (Fsp3) is 0.333. The lowest BCUT2D eigenvalue weighted by molar-refractivity contribution is -0.384. The Morgan fingerprint density at radius 1 is 1.12 bits per heavy atom. The topological polar surface area (TPSA) is 77.3 Å². The molecule has 0 saturated heterocycles. The van der Waals surface area contributed by atoms with E-state index in [9.17, 15) is 18.5 Å². The molecule has 5 nitrogen and oxygen atoms in total. The van der Waals surface area contributed by atoms with Crippen molar-refractivity contribution in [1.29, 1.82) is 0 Å². The van der Waals surface area contributed by atoms with Gasteiger partial charge in [0, 0.05) is 12.1 Å². The monoisotopic (exact) mass is 262 g/mol. The lowest BCUT2D eigenvalue weighted by Gasteiger charge is -2.11. The van der Waals surface area contributed by atoms with Crippen LogP contribution in [-0.2, 0) is 9.46 Å². The first-order chi connectivity index (χ1) is 7.16. The van der Waals surface area contributed by atoms with Crippen LogP contribution < -0.4 is 0 Å². The molecule has 0 amide bonds. The van der Waals surface area contributed by atoms with Crippen molar-refractivity contribution in [2.24, 2.45) is 0 Å². The summed E-state index contributed by atoms with van der Waals surface area (Å²) in [5, 5.41) is 10.4. The molecule has 0 saturated carbocycles. The fourth-order valence-electron chi connectivity index (χ4n) is 1.06. The minimum atomic E-state index is -3.33. The molecule has 1 rings (SSSR count). The van der Waals surface area contributed by atoms with E-state index in [4.69, 9.17) is 0 Å². The van der Waals surface area contributed by atoms with Crippen molar-refractivity contribution in [1.82, 2.24) is 0 Å². The zero-order chi connectivity index (χ0) is 12.6. The predicted molar refractivity (Wildman–Crippen MR) is 65.0 cm³/mol. The van der Waals surface area contributed by atoms with Crippen molar-refractivity contribution in [2.75, 3.05) is 20.0 Å². The maximum absolute atomic E-state index is 12.0. The number of nitro benzene ring substituents is 1. The van der Waals surface area contributed by atoms with Crippen LogP contribution in [0.2, 0.25) is 0 Å². The summed E-state index contributed by atoms with van der Waals surface area (Å²) in [4.78, 5) is 10.0. The molecule has 0 fully saturated rings. The van der Waals surface area contributed by atoms with Crippen LogP contribution in [0.1, 0.15) is 0 Å². The molecule has 0 aromatic heterocycles. The van der Waals surface area contributed by atoms with Crippen molar-refractivity contribution in [3.8, 4) is 0 Å². The van der Waals surface area contributed by atoms with E-state index < -0.39 is 20.8 Å². The predicted octanol–water partition coefficient (Wildman–Crippen LogP) is 2.19. The number of non-ortho nitro benzene ring substituents is 1. The van der Waals surface area contributed by atoms with Crippen LogP contribution in [0.3, 0.4) is 0 Å². The second kappa shape index (κ2) is 4.11. The fourth-order valence-corrected chi connectivity index (χ4v) is 4.43. The molecule has 0 heterocycles. The summed E-state index contributed by atoms with van der Waals surface area (Å²) >= 11 is 0. The zero-order valence-corrected chi connectivity index (χ0v) is 11.0. The number of benzene rings is 1. The van der Waals surface area contributed by atoms with Gasteiger partial charge in [-0.25, -0.2) is 0 Å². The highest BCUT2D eigenvalue weighted by Crippen LogP contribution is 2.57. The van der Waals surface area contributed by atoms with E-state index in [-0.39, 0.29) is 10.6 Å². The standard InChI is InChI=1S/C9H13NO4PS/c1-15(2,3)16(13,14)9-6-4-8(5-7-9)10(11)12/h4-7H,1-3H3/q+1. The molecule has 0 bridgehead atoms. The average Bonchev–Trinajstić information content (AvgIpc) is 2.16. The largest absolute Gasteiger partial charge is 0.283 e. The van der Waals surface area contributed by atoms with Crippen molar-refractivity contribution in [3.05, 3.63) is 34.4 Å². The molecule has 0 aliphatic rings. The minimum Gasteiger partial charge on any atom is -0.258 e. The van der Waals surface area contributed by atoms with Crippen LogP contribution in [0.25, 0.3) is 0 Å². The van der Waals surface area contributed by atoms with E-state index in [1.54, 1.807) is 20.0 Å². The highest BCUT2D eigenvalue weighted by atomic mass is 32.8. The van der Waals surface area contributed by atoms with Crippen LogP contribution in [0.4, 0.5) is 5.69 Å². The number of hydrogen-bond acceptors (Lipinski definition) is 4. The van der Waals surface area contributed by atoms with E-state index in [1.807, 2.05) is 0 Å². The van der Waals surface area contributed by atoms with Gasteiger partial charge in [-0.15, -0.1) is 0 Å². The Hall–Kier alpha value is -1.00. The average molecular weight is 262 g/mol. The van der Waals surface area contributed by atoms with E-state index in [0.29, 0.717) is 0 Å². The van der Waals surface area contributed by atoms with E-state index in [2.05, 4.69) is 0 Å². The Labute approximate surface area is 94.6 Å². The summed E-state index contributed by atoms with van der Waals surface area (Å²) in [6.07, 6.45) is 0. The van der Waals surface area contributed by atoms with Crippen LogP contribution in [0.5, 0.6) is 0 Å². The van der Waals surface area contributed by atoms with Gasteiger partial charge < -0.3 is 0 Å². The van der Waals surface area contributed by atoms with Crippen LogP contribution in [0.15, 0.2) is 29.2 Å². The molecule has 0 radical (unpaired) electrons. The van der Waals surface area contributed by atoms with Crippen LogP contribution in [0, 0.1) is 10.1 Å². The van der Waals surface area contributed by atoms with Crippen molar-refractivity contribution in [2.45, 2.75) is 4.90 Å². The zero-order valence-electron chi connectivity index (χ0n) is 9.25. The third-order valence-electron chi connectivity index (χ3n) is 2.07. The number of nitrogens with zero attached hydrogens (tertiary/aromatic N) is 1. The summed E-state index contributed by atoms with van der Waals surface area (Å²) in [6, 6.07) is 5.00. The van der Waals surface area contributed by atoms with Gasteiger partial charge in [-0.05, 0) is 12.1 Å². The first-order valence-electron chi connectivity index (χ1n) is 4.47. The molecule has 0 aliphatic heterocycles. The van der Waals surface area contributed by atoms with Gasteiger partial charge in [0.2, 0.25) is 0 Å². The number of hydrogen-bond donors (Lipinski definition) is 0. The molecule has 0 atom stereocenters. The molecule has 16 heavy (non-hydrogen) atoms. The molecule has 88 valence electrons. The summed E-state index contributed by atoms with van der Waals surface area (Å²) in [7, 11) is -3.33. The maximum Gasteiger partial charge on any atom is 0.283 e. The van der Waals surface area contributed by atoms with Crippen molar-refractivity contribution < 1.29 is 13.3 Å². The number of nitro groups is 1. The number of rotatable bonds is 3. The van der Waals surface area contributed by atoms with Crippen molar-refractivity contribution >= 4 is 21.6 Å². The molecule has 1 aromatic rings. The molecular weight excluding hydrogens is 249 g/mol.